The van der Waals surface area contributed by atoms with Crippen LogP contribution in [0.3, 0.4) is 0 Å². The Morgan fingerprint density at radius 1 is 1.06 bits per heavy atom. The van der Waals surface area contributed by atoms with Crippen molar-refractivity contribution in [2.24, 2.45) is 0 Å². The third-order valence-corrected chi connectivity index (χ3v) is 6.37. The predicted octanol–water partition coefficient (Wildman–Crippen LogP) is 5.77. The average molecular weight is 440 g/mol. The maximum atomic E-state index is 13.5. The Morgan fingerprint density at radius 3 is 2.64 bits per heavy atom. The molecular formula is C28H27N2O3. The third-order valence-electron chi connectivity index (χ3n) is 6.37. The van der Waals surface area contributed by atoms with Gasteiger partial charge in [0.1, 0.15) is 12.0 Å². The third kappa shape index (κ3) is 4.29. The van der Waals surface area contributed by atoms with Crippen LogP contribution in [0.5, 0.6) is 5.75 Å². The SMILES string of the molecule is [CH2]C1=CC=C(c2ccc(-c3cnn(C4CCCCO4)c3)cc2)C(=O)C1c1cccc(OC)c1. The molecule has 167 valence electrons. The molecule has 1 fully saturated rings. The maximum absolute atomic E-state index is 13.5. The van der Waals surface area contributed by atoms with E-state index < -0.39 is 5.92 Å². The van der Waals surface area contributed by atoms with E-state index in [9.17, 15) is 4.79 Å². The van der Waals surface area contributed by atoms with Gasteiger partial charge in [0.15, 0.2) is 5.78 Å². The fourth-order valence-corrected chi connectivity index (χ4v) is 4.54. The van der Waals surface area contributed by atoms with E-state index in [4.69, 9.17) is 9.47 Å². The number of ketones is 1. The molecule has 0 spiro atoms. The first-order valence-corrected chi connectivity index (χ1v) is 11.3. The molecule has 5 rings (SSSR count). The Bertz CT molecular complexity index is 1210. The zero-order chi connectivity index (χ0) is 22.8. The van der Waals surface area contributed by atoms with Crippen molar-refractivity contribution < 1.29 is 14.3 Å². The highest BCUT2D eigenvalue weighted by molar-refractivity contribution is 6.25. The van der Waals surface area contributed by atoms with Crippen molar-refractivity contribution in [2.75, 3.05) is 13.7 Å². The molecule has 2 unspecified atom stereocenters. The fraction of sp³-hybridized carbons (Fsp3) is 0.250. The first kappa shape index (κ1) is 21.4. The summed E-state index contributed by atoms with van der Waals surface area (Å²) in [4.78, 5) is 13.5. The number of allylic oxidation sites excluding steroid dienone is 4. The number of carbonyl (C=O) groups excluding carboxylic acids is 1. The van der Waals surface area contributed by atoms with E-state index in [1.54, 1.807) is 7.11 Å². The van der Waals surface area contributed by atoms with Crippen molar-refractivity contribution in [1.82, 2.24) is 9.78 Å². The number of hydrogen-bond acceptors (Lipinski definition) is 4. The molecule has 2 aromatic carbocycles. The summed E-state index contributed by atoms with van der Waals surface area (Å²) in [5.41, 5.74) is 5.35. The Kier molecular flexibility index (Phi) is 5.97. The van der Waals surface area contributed by atoms with Crippen LogP contribution >= 0.6 is 0 Å². The Balaban J connectivity index is 1.37. The van der Waals surface area contributed by atoms with Gasteiger partial charge in [-0.15, -0.1) is 0 Å². The molecule has 5 heteroatoms. The van der Waals surface area contributed by atoms with Crippen molar-refractivity contribution >= 4 is 11.4 Å². The zero-order valence-corrected chi connectivity index (χ0v) is 18.7. The van der Waals surface area contributed by atoms with Crippen LogP contribution in [0.4, 0.5) is 0 Å². The first-order chi connectivity index (χ1) is 16.1. The van der Waals surface area contributed by atoms with Crippen LogP contribution in [0, 0.1) is 6.92 Å². The molecule has 0 bridgehead atoms. The summed E-state index contributed by atoms with van der Waals surface area (Å²) in [5.74, 6) is 0.368. The highest BCUT2D eigenvalue weighted by Gasteiger charge is 2.29. The van der Waals surface area contributed by atoms with Gasteiger partial charge in [0.05, 0.1) is 19.2 Å². The van der Waals surface area contributed by atoms with Crippen LogP contribution in [-0.4, -0.2) is 29.3 Å². The van der Waals surface area contributed by atoms with Gasteiger partial charge >= 0.3 is 0 Å². The topological polar surface area (TPSA) is 53.4 Å². The normalized spacial score (nSPS) is 20.8. The summed E-state index contributed by atoms with van der Waals surface area (Å²) >= 11 is 0. The molecule has 0 amide bonds. The smallest absolute Gasteiger partial charge is 0.174 e. The van der Waals surface area contributed by atoms with Gasteiger partial charge < -0.3 is 9.47 Å². The second-order valence-electron chi connectivity index (χ2n) is 8.50. The number of aromatic nitrogens is 2. The molecule has 1 radical (unpaired) electrons. The lowest BCUT2D eigenvalue weighted by Crippen LogP contribution is -2.18. The minimum Gasteiger partial charge on any atom is -0.497 e. The Labute approximate surface area is 194 Å². The number of carbonyl (C=O) groups is 1. The molecule has 1 aromatic heterocycles. The average Bonchev–Trinajstić information content (AvgIpc) is 3.36. The van der Waals surface area contributed by atoms with Crippen LogP contribution < -0.4 is 4.74 Å². The van der Waals surface area contributed by atoms with E-state index in [0.29, 0.717) is 5.57 Å². The van der Waals surface area contributed by atoms with Crippen molar-refractivity contribution in [3.05, 3.63) is 96.7 Å². The summed E-state index contributed by atoms with van der Waals surface area (Å²) in [6.07, 6.45) is 11.0. The molecule has 2 atom stereocenters. The number of benzene rings is 2. The number of methoxy groups -OCH3 is 1. The van der Waals surface area contributed by atoms with Gasteiger partial charge in [-0.3, -0.25) is 4.79 Å². The van der Waals surface area contributed by atoms with Crippen LogP contribution in [0.15, 0.2) is 78.6 Å². The number of hydrogen-bond donors (Lipinski definition) is 0. The van der Waals surface area contributed by atoms with Gasteiger partial charge in [-0.05, 0) is 55.0 Å². The van der Waals surface area contributed by atoms with Gasteiger partial charge in [0.25, 0.3) is 0 Å². The van der Waals surface area contributed by atoms with Gasteiger partial charge in [-0.25, -0.2) is 4.68 Å². The first-order valence-electron chi connectivity index (χ1n) is 11.3. The Morgan fingerprint density at radius 2 is 1.88 bits per heavy atom. The van der Waals surface area contributed by atoms with Gasteiger partial charge in [-0.2, -0.15) is 5.10 Å². The van der Waals surface area contributed by atoms with Crippen LogP contribution in [0.2, 0.25) is 0 Å². The summed E-state index contributed by atoms with van der Waals surface area (Å²) in [6, 6.07) is 15.7. The van der Waals surface area contributed by atoms with E-state index >= 15 is 0 Å². The highest BCUT2D eigenvalue weighted by atomic mass is 16.5. The zero-order valence-electron chi connectivity index (χ0n) is 18.7. The quantitative estimate of drug-likeness (QED) is 0.507. The molecule has 2 heterocycles. The summed E-state index contributed by atoms with van der Waals surface area (Å²) in [5, 5.41) is 4.51. The van der Waals surface area contributed by atoms with Gasteiger partial charge in [0, 0.05) is 23.9 Å². The molecule has 0 N–H and O–H groups in total. The number of ether oxygens (including phenoxy) is 2. The van der Waals surface area contributed by atoms with E-state index in [2.05, 4.69) is 12.0 Å². The molecule has 2 aliphatic rings. The number of rotatable bonds is 5. The lowest BCUT2D eigenvalue weighted by molar-refractivity contribution is -0.114. The number of Topliss-reactive ketones (excluding diaryl/α,β-unsaturated/α-hetero) is 1. The van der Waals surface area contributed by atoms with Crippen molar-refractivity contribution in [2.45, 2.75) is 31.4 Å². The molecule has 1 aliphatic heterocycles. The van der Waals surface area contributed by atoms with E-state index in [1.807, 2.05) is 77.8 Å². The van der Waals surface area contributed by atoms with Crippen LogP contribution in [0.25, 0.3) is 16.7 Å². The lowest BCUT2D eigenvalue weighted by atomic mass is 9.79. The van der Waals surface area contributed by atoms with Crippen molar-refractivity contribution in [1.29, 1.82) is 0 Å². The monoisotopic (exact) mass is 439 g/mol. The van der Waals surface area contributed by atoms with Gasteiger partial charge in [0.2, 0.25) is 0 Å². The minimum absolute atomic E-state index is 0.0222. The maximum Gasteiger partial charge on any atom is 0.174 e. The highest BCUT2D eigenvalue weighted by Crippen LogP contribution is 2.36. The van der Waals surface area contributed by atoms with Crippen LogP contribution in [-0.2, 0) is 9.53 Å². The molecular weight excluding hydrogens is 412 g/mol. The van der Waals surface area contributed by atoms with E-state index in [-0.39, 0.29) is 12.0 Å². The second-order valence-corrected chi connectivity index (χ2v) is 8.50. The van der Waals surface area contributed by atoms with Crippen LogP contribution in [0.1, 0.15) is 42.5 Å². The Hall–Kier alpha value is -3.44. The van der Waals surface area contributed by atoms with Gasteiger partial charge in [-0.1, -0.05) is 54.1 Å². The molecule has 5 nitrogen and oxygen atoms in total. The van der Waals surface area contributed by atoms with Crippen molar-refractivity contribution in [3.8, 4) is 16.9 Å². The molecule has 33 heavy (non-hydrogen) atoms. The molecule has 3 aromatic rings. The van der Waals surface area contributed by atoms with E-state index in [0.717, 1.165) is 59.4 Å². The molecule has 1 saturated heterocycles. The minimum atomic E-state index is -0.409. The summed E-state index contributed by atoms with van der Waals surface area (Å²) < 4.78 is 13.1. The lowest BCUT2D eigenvalue weighted by Gasteiger charge is -2.23. The largest absolute Gasteiger partial charge is 0.497 e. The summed E-state index contributed by atoms with van der Waals surface area (Å²) in [7, 11) is 1.63. The standard InChI is InChI=1S/C28H27N2O3/c1-19-9-14-25(28(31)27(19)22-6-5-7-24(16-22)32-2)21-12-10-20(11-13-21)23-17-29-30(18-23)26-8-3-4-15-33-26/h5-7,9-14,16-18,26-27H,1,3-4,8,15H2,2H3. The fourth-order valence-electron chi connectivity index (χ4n) is 4.54. The van der Waals surface area contributed by atoms with E-state index in [1.165, 1.54) is 0 Å². The summed E-state index contributed by atoms with van der Waals surface area (Å²) in [6.45, 7) is 4.91. The number of nitrogens with zero attached hydrogens (tertiary/aromatic N) is 2. The predicted molar refractivity (Wildman–Crippen MR) is 129 cm³/mol. The molecule has 0 saturated carbocycles. The molecule has 1 aliphatic carbocycles. The second kappa shape index (κ2) is 9.20. The van der Waals surface area contributed by atoms with Crippen molar-refractivity contribution in [3.63, 3.8) is 0 Å².